The average Bonchev–Trinajstić information content (AvgIpc) is 3.40. The predicted octanol–water partition coefficient (Wildman–Crippen LogP) is 5.14. The molecule has 1 fully saturated rings. The van der Waals surface area contributed by atoms with Crippen LogP contribution in [0.1, 0.15) is 62.3 Å². The molecule has 1 saturated carbocycles. The molecule has 2 aromatic carbocycles. The minimum atomic E-state index is -0.911. The van der Waals surface area contributed by atoms with E-state index in [-0.39, 0.29) is 23.2 Å². The number of hydrogen-bond donors (Lipinski definition) is 1. The molecule has 0 aliphatic heterocycles. The first kappa shape index (κ1) is 21.3. The largest absolute Gasteiger partial charge is 0.341 e. The zero-order valence-electron chi connectivity index (χ0n) is 19.9. The summed E-state index contributed by atoms with van der Waals surface area (Å²) in [7, 11) is 0. The lowest BCUT2D eigenvalue weighted by Crippen LogP contribution is -2.46. The summed E-state index contributed by atoms with van der Waals surface area (Å²) in [5, 5.41) is 24.4. The van der Waals surface area contributed by atoms with E-state index < -0.39 is 10.8 Å². The monoisotopic (exact) mass is 460 g/mol. The van der Waals surface area contributed by atoms with Crippen molar-refractivity contribution in [3.63, 3.8) is 0 Å². The first-order valence-corrected chi connectivity index (χ1v) is 11.9. The molecule has 2 aromatic heterocycles. The van der Waals surface area contributed by atoms with E-state index in [4.69, 9.17) is 0 Å². The molecule has 1 amide bonds. The van der Waals surface area contributed by atoms with Gasteiger partial charge < -0.3 is 9.88 Å². The zero-order chi connectivity index (χ0) is 24.5. The SMILES string of the molecule is CCn1c2ccccc2c2cc(NC(=O)C34CCC(c5nc(C#N)c(C#N)nc53)C4(C)C)ccc21. The predicted molar refractivity (Wildman–Crippen MR) is 133 cm³/mol. The van der Waals surface area contributed by atoms with Crippen molar-refractivity contribution >= 4 is 33.4 Å². The van der Waals surface area contributed by atoms with Crippen LogP contribution in [-0.2, 0) is 16.8 Å². The molecule has 0 radical (unpaired) electrons. The van der Waals surface area contributed by atoms with E-state index in [0.29, 0.717) is 17.8 Å². The molecule has 7 nitrogen and oxygen atoms in total. The van der Waals surface area contributed by atoms with Gasteiger partial charge in [0.1, 0.15) is 12.1 Å². The standard InChI is InChI=1S/C28H24N6O/c1-4-34-22-8-6-5-7-17(22)18-13-16(9-10-23(18)34)31-26(35)28-12-11-19(27(28,2)3)24-25(28)33-21(15-30)20(14-29)32-24/h5-10,13,19H,4,11-12H2,1-3H3,(H,31,35). The Morgan fingerprint density at radius 2 is 1.80 bits per heavy atom. The Labute approximate surface area is 203 Å². The van der Waals surface area contributed by atoms with E-state index >= 15 is 0 Å². The summed E-state index contributed by atoms with van der Waals surface area (Å²) < 4.78 is 2.28. The highest BCUT2D eigenvalue weighted by molar-refractivity contribution is 6.10. The van der Waals surface area contributed by atoms with Gasteiger partial charge in [-0.15, -0.1) is 0 Å². The molecule has 2 heterocycles. The number of fused-ring (bicyclic) bond motifs is 8. The molecule has 0 spiro atoms. The van der Waals surface area contributed by atoms with E-state index in [2.05, 4.69) is 58.8 Å². The lowest BCUT2D eigenvalue weighted by molar-refractivity contribution is -0.124. The van der Waals surface area contributed by atoms with Crippen molar-refractivity contribution in [3.05, 3.63) is 65.2 Å². The average molecular weight is 461 g/mol. The van der Waals surface area contributed by atoms with Gasteiger partial charge in [0.2, 0.25) is 5.91 Å². The Bertz CT molecular complexity index is 1650. The fraction of sp³-hybridized carbons (Fsp3) is 0.321. The van der Waals surface area contributed by atoms with Gasteiger partial charge in [-0.25, -0.2) is 9.97 Å². The Kier molecular flexibility index (Phi) is 4.34. The number of para-hydroxylation sites is 1. The molecular weight excluding hydrogens is 436 g/mol. The van der Waals surface area contributed by atoms with Crippen LogP contribution in [0.4, 0.5) is 5.69 Å². The number of carbonyl (C=O) groups is 1. The summed E-state index contributed by atoms with van der Waals surface area (Å²) in [6.07, 6.45) is 1.42. The molecule has 7 heteroatoms. The van der Waals surface area contributed by atoms with Gasteiger partial charge in [0.25, 0.3) is 0 Å². The maximum absolute atomic E-state index is 14.1. The molecule has 35 heavy (non-hydrogen) atoms. The number of aryl methyl sites for hydroxylation is 1. The molecule has 172 valence electrons. The topological polar surface area (TPSA) is 107 Å². The Morgan fingerprint density at radius 1 is 1.09 bits per heavy atom. The van der Waals surface area contributed by atoms with Crippen LogP contribution in [0.5, 0.6) is 0 Å². The smallest absolute Gasteiger partial charge is 0.237 e. The van der Waals surface area contributed by atoms with Crippen LogP contribution in [0.15, 0.2) is 42.5 Å². The lowest BCUT2D eigenvalue weighted by Gasteiger charge is -2.36. The van der Waals surface area contributed by atoms with Crippen LogP contribution in [0.3, 0.4) is 0 Å². The summed E-state index contributed by atoms with van der Waals surface area (Å²) in [4.78, 5) is 23.1. The van der Waals surface area contributed by atoms with Gasteiger partial charge in [0, 0.05) is 40.0 Å². The van der Waals surface area contributed by atoms with Gasteiger partial charge >= 0.3 is 0 Å². The van der Waals surface area contributed by atoms with Crippen molar-refractivity contribution in [1.82, 2.24) is 14.5 Å². The number of nitrogens with zero attached hydrogens (tertiary/aromatic N) is 5. The summed E-state index contributed by atoms with van der Waals surface area (Å²) in [6.45, 7) is 7.13. The van der Waals surface area contributed by atoms with Crippen LogP contribution in [0.2, 0.25) is 0 Å². The summed E-state index contributed by atoms with van der Waals surface area (Å²) in [5.74, 6) is -0.120. The van der Waals surface area contributed by atoms with E-state index in [1.54, 1.807) is 0 Å². The van der Waals surface area contributed by atoms with Crippen LogP contribution in [0, 0.1) is 28.1 Å². The minimum Gasteiger partial charge on any atom is -0.341 e. The van der Waals surface area contributed by atoms with Crippen LogP contribution < -0.4 is 5.32 Å². The molecule has 6 rings (SSSR count). The second kappa shape index (κ2) is 7.13. The van der Waals surface area contributed by atoms with Gasteiger partial charge in [0.15, 0.2) is 11.4 Å². The molecule has 2 atom stereocenters. The minimum absolute atomic E-state index is 0.0144. The number of carbonyl (C=O) groups excluding carboxylic acids is 1. The highest BCUT2D eigenvalue weighted by atomic mass is 16.2. The molecular formula is C28H24N6O. The second-order valence-electron chi connectivity index (χ2n) is 10.0. The van der Waals surface area contributed by atoms with Gasteiger partial charge in [-0.2, -0.15) is 10.5 Å². The van der Waals surface area contributed by atoms with Crippen LogP contribution in [-0.4, -0.2) is 20.4 Å². The fourth-order valence-corrected chi connectivity index (χ4v) is 6.63. The number of anilines is 1. The van der Waals surface area contributed by atoms with Crippen molar-refractivity contribution in [2.24, 2.45) is 5.41 Å². The van der Waals surface area contributed by atoms with E-state index in [1.807, 2.05) is 36.4 Å². The third-order valence-electron chi connectivity index (χ3n) is 8.38. The van der Waals surface area contributed by atoms with Crippen molar-refractivity contribution < 1.29 is 4.79 Å². The number of aromatic nitrogens is 3. The highest BCUT2D eigenvalue weighted by Crippen LogP contribution is 2.67. The van der Waals surface area contributed by atoms with Crippen molar-refractivity contribution in [1.29, 1.82) is 10.5 Å². The van der Waals surface area contributed by atoms with Gasteiger partial charge in [-0.3, -0.25) is 4.79 Å². The quantitative estimate of drug-likeness (QED) is 0.455. The van der Waals surface area contributed by atoms with Crippen LogP contribution >= 0.6 is 0 Å². The van der Waals surface area contributed by atoms with Crippen molar-refractivity contribution in [3.8, 4) is 12.1 Å². The third kappa shape index (κ3) is 2.56. The van der Waals surface area contributed by atoms with Gasteiger partial charge in [-0.05, 0) is 49.4 Å². The fourth-order valence-electron chi connectivity index (χ4n) is 6.63. The molecule has 4 aromatic rings. The Hall–Kier alpha value is -4.23. The first-order valence-electron chi connectivity index (χ1n) is 11.9. The van der Waals surface area contributed by atoms with Gasteiger partial charge in [0.05, 0.1) is 16.8 Å². The lowest BCUT2D eigenvalue weighted by atomic mass is 9.67. The number of nitriles is 2. The first-order chi connectivity index (χ1) is 16.9. The number of nitrogens with one attached hydrogen (secondary N) is 1. The Morgan fingerprint density at radius 3 is 2.54 bits per heavy atom. The maximum atomic E-state index is 14.1. The number of amides is 1. The van der Waals surface area contributed by atoms with E-state index in [1.165, 1.54) is 5.52 Å². The molecule has 2 bridgehead atoms. The number of rotatable bonds is 3. The Balaban J connectivity index is 1.46. The van der Waals surface area contributed by atoms with Gasteiger partial charge in [-0.1, -0.05) is 32.0 Å². The third-order valence-corrected chi connectivity index (χ3v) is 8.38. The summed E-state index contributed by atoms with van der Waals surface area (Å²) >= 11 is 0. The summed E-state index contributed by atoms with van der Waals surface area (Å²) in [5.41, 5.74) is 2.93. The van der Waals surface area contributed by atoms with Crippen molar-refractivity contribution in [2.45, 2.75) is 51.5 Å². The molecule has 2 aliphatic carbocycles. The summed E-state index contributed by atoms with van der Waals surface area (Å²) in [6, 6.07) is 18.3. The van der Waals surface area contributed by atoms with E-state index in [9.17, 15) is 15.3 Å². The molecule has 2 unspecified atom stereocenters. The normalized spacial score (nSPS) is 21.6. The van der Waals surface area contributed by atoms with Crippen LogP contribution in [0.25, 0.3) is 21.8 Å². The molecule has 0 saturated heterocycles. The zero-order valence-corrected chi connectivity index (χ0v) is 19.9. The molecule has 2 aliphatic rings. The highest BCUT2D eigenvalue weighted by Gasteiger charge is 2.68. The number of hydrogen-bond acceptors (Lipinski definition) is 5. The van der Waals surface area contributed by atoms with E-state index in [0.717, 1.165) is 34.9 Å². The maximum Gasteiger partial charge on any atom is 0.237 e. The second-order valence-corrected chi connectivity index (χ2v) is 10.0. The van der Waals surface area contributed by atoms with Crippen molar-refractivity contribution in [2.75, 3.05) is 5.32 Å². The number of benzene rings is 2. The molecule has 1 N–H and O–H groups in total.